The molecule has 0 amide bonds. The van der Waals surface area contributed by atoms with Crippen molar-refractivity contribution >= 4 is 16.7 Å². The number of Topliss-reactive ketones (excluding diaryl/α,β-unsaturated/α-hetero) is 1. The molecule has 7 heteroatoms. The molecule has 0 spiro atoms. The molecule has 34 heavy (non-hydrogen) atoms. The molecule has 0 aliphatic heterocycles. The Morgan fingerprint density at radius 1 is 1.09 bits per heavy atom. The van der Waals surface area contributed by atoms with Gasteiger partial charge in [-0.15, -0.1) is 0 Å². The van der Waals surface area contributed by atoms with Crippen LogP contribution in [0.5, 0.6) is 5.75 Å². The summed E-state index contributed by atoms with van der Waals surface area (Å²) in [5.41, 5.74) is 2.97. The smallest absolute Gasteiger partial charge is 0.165 e. The van der Waals surface area contributed by atoms with Crippen molar-refractivity contribution in [1.29, 1.82) is 0 Å². The molecule has 4 aromatic rings. The average molecular weight is 465 g/mol. The minimum absolute atomic E-state index is 0.0221. The first-order chi connectivity index (χ1) is 16.4. The maximum Gasteiger partial charge on any atom is 0.165 e. The van der Waals surface area contributed by atoms with Crippen molar-refractivity contribution in [2.24, 2.45) is 0 Å². The van der Waals surface area contributed by atoms with E-state index in [9.17, 15) is 18.7 Å². The van der Waals surface area contributed by atoms with Gasteiger partial charge in [0.05, 0.1) is 36.2 Å². The largest absolute Gasteiger partial charge is 0.491 e. The lowest BCUT2D eigenvalue weighted by atomic mass is 10.00. The van der Waals surface area contributed by atoms with E-state index in [2.05, 4.69) is 4.98 Å². The summed E-state index contributed by atoms with van der Waals surface area (Å²) in [6.07, 6.45) is 2.01. The van der Waals surface area contributed by atoms with Crippen molar-refractivity contribution in [2.75, 3.05) is 0 Å². The number of ether oxygens (including phenoxy) is 1. The Labute approximate surface area is 196 Å². The SMILES string of the molecule is CC(C)Oc1ccc2c(C(=O)CCc3ccc(F)c(F)c3)c(CO)n(Cc3ccccn3)c2c1. The van der Waals surface area contributed by atoms with Crippen molar-refractivity contribution in [3.63, 3.8) is 0 Å². The molecule has 2 aromatic heterocycles. The van der Waals surface area contributed by atoms with Gasteiger partial charge in [0.15, 0.2) is 17.4 Å². The fourth-order valence-electron chi connectivity index (χ4n) is 4.12. The molecule has 0 atom stereocenters. The van der Waals surface area contributed by atoms with Crippen LogP contribution in [0.3, 0.4) is 0 Å². The molecule has 2 aromatic carbocycles. The molecular weight excluding hydrogens is 438 g/mol. The normalized spacial score (nSPS) is 11.4. The Bertz CT molecular complexity index is 1320. The van der Waals surface area contributed by atoms with E-state index in [1.54, 1.807) is 12.3 Å². The van der Waals surface area contributed by atoms with Gasteiger partial charge >= 0.3 is 0 Å². The molecule has 0 saturated heterocycles. The number of hydrogen-bond donors (Lipinski definition) is 1. The number of aliphatic hydroxyl groups excluding tert-OH is 1. The summed E-state index contributed by atoms with van der Waals surface area (Å²) in [6, 6.07) is 14.7. The van der Waals surface area contributed by atoms with Crippen LogP contribution in [0.2, 0.25) is 0 Å². The lowest BCUT2D eigenvalue weighted by molar-refractivity contribution is 0.0980. The fourth-order valence-corrected chi connectivity index (χ4v) is 4.12. The zero-order valence-electron chi connectivity index (χ0n) is 19.1. The maximum atomic E-state index is 13.6. The van der Waals surface area contributed by atoms with Gasteiger partial charge in [-0.2, -0.15) is 0 Å². The molecule has 0 aliphatic carbocycles. The number of aryl methyl sites for hydroxylation is 1. The Balaban J connectivity index is 1.75. The van der Waals surface area contributed by atoms with Gasteiger partial charge in [0, 0.05) is 29.6 Å². The zero-order valence-corrected chi connectivity index (χ0v) is 19.1. The number of hydrogen-bond acceptors (Lipinski definition) is 4. The Kier molecular flexibility index (Phi) is 7.03. The van der Waals surface area contributed by atoms with E-state index in [1.165, 1.54) is 6.07 Å². The van der Waals surface area contributed by atoms with Gasteiger partial charge < -0.3 is 14.4 Å². The summed E-state index contributed by atoms with van der Waals surface area (Å²) >= 11 is 0. The van der Waals surface area contributed by atoms with Crippen molar-refractivity contribution in [2.45, 2.75) is 45.9 Å². The van der Waals surface area contributed by atoms with Gasteiger partial charge in [0.2, 0.25) is 0 Å². The fraction of sp³-hybridized carbons (Fsp3) is 0.259. The number of nitrogens with zero attached hydrogens (tertiary/aromatic N) is 2. The molecule has 0 aliphatic rings. The first kappa shape index (κ1) is 23.6. The standard InChI is InChI=1S/C27H26F2N2O3/c1-17(2)34-20-8-9-21-24(14-20)31(15-19-5-3-4-12-30-19)25(16-32)27(21)26(33)11-7-18-6-10-22(28)23(29)13-18/h3-6,8-10,12-14,17,32H,7,11,15-16H2,1-2H3. The summed E-state index contributed by atoms with van der Waals surface area (Å²) < 4.78 is 34.6. The number of carbonyl (C=O) groups is 1. The van der Waals surface area contributed by atoms with E-state index < -0.39 is 11.6 Å². The molecule has 176 valence electrons. The Hall–Kier alpha value is -3.58. The number of carbonyl (C=O) groups excluding carboxylic acids is 1. The van der Waals surface area contributed by atoms with Gasteiger partial charge in [-0.05, 0) is 62.2 Å². The van der Waals surface area contributed by atoms with Crippen LogP contribution in [0, 0.1) is 11.6 Å². The number of pyridine rings is 1. The number of aromatic nitrogens is 2. The van der Waals surface area contributed by atoms with E-state index in [-0.39, 0.29) is 31.3 Å². The predicted molar refractivity (Wildman–Crippen MR) is 126 cm³/mol. The molecule has 1 N–H and O–H groups in total. The second-order valence-electron chi connectivity index (χ2n) is 8.40. The second-order valence-corrected chi connectivity index (χ2v) is 8.40. The van der Waals surface area contributed by atoms with Crippen LogP contribution >= 0.6 is 0 Å². The molecule has 0 bridgehead atoms. The molecule has 5 nitrogen and oxygen atoms in total. The summed E-state index contributed by atoms with van der Waals surface area (Å²) in [5.74, 6) is -1.39. The van der Waals surface area contributed by atoms with Crippen molar-refractivity contribution < 1.29 is 23.4 Å². The monoisotopic (exact) mass is 464 g/mol. The summed E-state index contributed by atoms with van der Waals surface area (Å²) in [4.78, 5) is 17.7. The molecule has 4 rings (SSSR count). The van der Waals surface area contributed by atoms with E-state index in [4.69, 9.17) is 4.74 Å². The number of ketones is 1. The predicted octanol–water partition coefficient (Wildman–Crippen LogP) is 5.46. The molecule has 2 heterocycles. The number of halogens is 2. The minimum Gasteiger partial charge on any atom is -0.491 e. The lowest BCUT2D eigenvalue weighted by Crippen LogP contribution is -2.10. The quantitative estimate of drug-likeness (QED) is 0.334. The summed E-state index contributed by atoms with van der Waals surface area (Å²) in [6.45, 7) is 3.90. The Morgan fingerprint density at radius 2 is 1.91 bits per heavy atom. The molecule has 0 radical (unpaired) electrons. The van der Waals surface area contributed by atoms with E-state index in [0.29, 0.717) is 34.5 Å². The van der Waals surface area contributed by atoms with Gasteiger partial charge in [-0.3, -0.25) is 9.78 Å². The topological polar surface area (TPSA) is 64.3 Å². The van der Waals surface area contributed by atoms with Gasteiger partial charge in [0.25, 0.3) is 0 Å². The highest BCUT2D eigenvalue weighted by molar-refractivity contribution is 6.09. The average Bonchev–Trinajstić information content (AvgIpc) is 3.12. The third kappa shape index (κ3) is 4.99. The molecule has 0 saturated carbocycles. The van der Waals surface area contributed by atoms with Crippen LogP contribution in [-0.2, 0) is 19.6 Å². The zero-order chi connectivity index (χ0) is 24.2. The van der Waals surface area contributed by atoms with Gasteiger partial charge in [-0.25, -0.2) is 8.78 Å². The van der Waals surface area contributed by atoms with Crippen molar-refractivity contribution in [1.82, 2.24) is 9.55 Å². The molecule has 0 unspecified atom stereocenters. The highest BCUT2D eigenvalue weighted by Crippen LogP contribution is 2.32. The third-order valence-electron chi connectivity index (χ3n) is 5.62. The number of rotatable bonds is 9. The summed E-state index contributed by atoms with van der Waals surface area (Å²) in [5, 5.41) is 11.0. The number of aliphatic hydroxyl groups is 1. The van der Waals surface area contributed by atoms with Crippen molar-refractivity contribution in [3.8, 4) is 5.75 Å². The Morgan fingerprint density at radius 3 is 2.59 bits per heavy atom. The molecular formula is C27H26F2N2O3. The molecule has 0 fully saturated rings. The van der Waals surface area contributed by atoms with Crippen LogP contribution in [0.1, 0.15) is 47.6 Å². The minimum atomic E-state index is -0.939. The van der Waals surface area contributed by atoms with Crippen molar-refractivity contribution in [3.05, 3.63) is 94.9 Å². The van der Waals surface area contributed by atoms with E-state index in [1.807, 2.05) is 48.7 Å². The van der Waals surface area contributed by atoms with Crippen LogP contribution < -0.4 is 4.74 Å². The number of benzene rings is 2. The number of fused-ring (bicyclic) bond motifs is 1. The highest BCUT2D eigenvalue weighted by Gasteiger charge is 2.23. The second kappa shape index (κ2) is 10.1. The van der Waals surface area contributed by atoms with E-state index in [0.717, 1.165) is 23.3 Å². The van der Waals surface area contributed by atoms with Crippen LogP contribution in [0.15, 0.2) is 60.8 Å². The first-order valence-corrected chi connectivity index (χ1v) is 11.2. The van der Waals surface area contributed by atoms with Crippen LogP contribution in [0.4, 0.5) is 8.78 Å². The van der Waals surface area contributed by atoms with Crippen LogP contribution in [0.25, 0.3) is 10.9 Å². The lowest BCUT2D eigenvalue weighted by Gasteiger charge is -2.12. The van der Waals surface area contributed by atoms with E-state index >= 15 is 0 Å². The van der Waals surface area contributed by atoms with Crippen LogP contribution in [-0.4, -0.2) is 26.5 Å². The third-order valence-corrected chi connectivity index (χ3v) is 5.62. The first-order valence-electron chi connectivity index (χ1n) is 11.2. The highest BCUT2D eigenvalue weighted by atomic mass is 19.2. The van der Waals surface area contributed by atoms with Gasteiger partial charge in [0.1, 0.15) is 5.75 Å². The van der Waals surface area contributed by atoms with Gasteiger partial charge in [-0.1, -0.05) is 12.1 Å². The maximum absolute atomic E-state index is 13.6. The summed E-state index contributed by atoms with van der Waals surface area (Å²) in [7, 11) is 0.